The molecular formula is C46H88O9. The van der Waals surface area contributed by atoms with Crippen molar-refractivity contribution in [2.24, 2.45) is 0 Å². The molecule has 9 heteroatoms. The fourth-order valence-corrected chi connectivity index (χ4v) is 7.73. The summed E-state index contributed by atoms with van der Waals surface area (Å²) in [4.78, 5) is 25.4. The van der Waals surface area contributed by atoms with E-state index in [1.807, 2.05) is 0 Å². The molecule has 0 aromatic carbocycles. The quantitative estimate of drug-likeness (QED) is 0.0354. The summed E-state index contributed by atoms with van der Waals surface area (Å²) in [5.41, 5.74) is 0. The summed E-state index contributed by atoms with van der Waals surface area (Å²) in [5, 5.41) is 40.4. The minimum atomic E-state index is -1.46. The minimum absolute atomic E-state index is 0.0837. The standard InChI is InChI=1S/C46H88O9/c1-3-5-7-9-11-13-15-17-19-21-23-25-27-29-31-33-42(48)53-38-39(35-36-40-44(50)46(52)45(51)41(37-47)55-40)54-43(49)34-32-30-28-26-24-22-20-18-16-14-12-10-8-6-4-2/h39-41,44-47,50-52H,3-38H2,1-2H3/t39-,40+,41-,44+,45-,46-/m1/s1. The third kappa shape index (κ3) is 28.7. The second-order valence-electron chi connectivity index (χ2n) is 16.6. The zero-order chi connectivity index (χ0) is 40.2. The number of ether oxygens (including phenoxy) is 3. The molecule has 0 aliphatic carbocycles. The van der Waals surface area contributed by atoms with Gasteiger partial charge in [0.05, 0.1) is 12.7 Å². The van der Waals surface area contributed by atoms with E-state index in [2.05, 4.69) is 13.8 Å². The summed E-state index contributed by atoms with van der Waals surface area (Å²) in [6.45, 7) is 3.93. The molecule has 326 valence electrons. The van der Waals surface area contributed by atoms with Crippen LogP contribution >= 0.6 is 0 Å². The normalized spacial score (nSPS) is 20.4. The molecule has 1 rings (SSSR count). The molecule has 1 fully saturated rings. The molecule has 0 saturated carbocycles. The van der Waals surface area contributed by atoms with Crippen LogP contribution in [0.3, 0.4) is 0 Å². The zero-order valence-corrected chi connectivity index (χ0v) is 35.8. The van der Waals surface area contributed by atoms with E-state index in [4.69, 9.17) is 14.2 Å². The van der Waals surface area contributed by atoms with Crippen molar-refractivity contribution in [3.63, 3.8) is 0 Å². The highest BCUT2D eigenvalue weighted by molar-refractivity contribution is 5.70. The van der Waals surface area contributed by atoms with Gasteiger partial charge in [0.15, 0.2) is 0 Å². The highest BCUT2D eigenvalue weighted by Gasteiger charge is 2.43. The molecule has 0 bridgehead atoms. The van der Waals surface area contributed by atoms with Crippen LogP contribution in [0.2, 0.25) is 0 Å². The van der Waals surface area contributed by atoms with Gasteiger partial charge < -0.3 is 34.6 Å². The molecule has 0 amide bonds. The number of unbranched alkanes of at least 4 members (excludes halogenated alkanes) is 28. The Hall–Kier alpha value is -1.26. The number of aliphatic hydroxyl groups excluding tert-OH is 4. The number of rotatable bonds is 39. The Labute approximate surface area is 337 Å². The molecule has 6 atom stereocenters. The first-order chi connectivity index (χ1) is 26.8. The van der Waals surface area contributed by atoms with Gasteiger partial charge in [-0.15, -0.1) is 0 Å². The van der Waals surface area contributed by atoms with Gasteiger partial charge in [-0.3, -0.25) is 9.59 Å². The van der Waals surface area contributed by atoms with Gasteiger partial charge in [0.2, 0.25) is 0 Å². The highest BCUT2D eigenvalue weighted by atomic mass is 16.6. The van der Waals surface area contributed by atoms with Gasteiger partial charge in [0, 0.05) is 12.8 Å². The third-order valence-electron chi connectivity index (χ3n) is 11.5. The lowest BCUT2D eigenvalue weighted by molar-refractivity contribution is -0.231. The number of aliphatic hydroxyl groups is 4. The van der Waals surface area contributed by atoms with Crippen LogP contribution in [0, 0.1) is 0 Å². The summed E-state index contributed by atoms with van der Waals surface area (Å²) in [6.07, 6.45) is 31.8. The smallest absolute Gasteiger partial charge is 0.306 e. The molecule has 4 N–H and O–H groups in total. The van der Waals surface area contributed by atoms with Gasteiger partial charge in [-0.25, -0.2) is 0 Å². The van der Waals surface area contributed by atoms with E-state index >= 15 is 0 Å². The number of hydrogen-bond acceptors (Lipinski definition) is 9. The third-order valence-corrected chi connectivity index (χ3v) is 11.5. The largest absolute Gasteiger partial charge is 0.462 e. The lowest BCUT2D eigenvalue weighted by Gasteiger charge is -2.40. The van der Waals surface area contributed by atoms with Crippen LogP contribution in [0.1, 0.15) is 232 Å². The maximum atomic E-state index is 12.8. The molecular weight excluding hydrogens is 696 g/mol. The first-order valence-electron chi connectivity index (χ1n) is 23.5. The van der Waals surface area contributed by atoms with Crippen molar-refractivity contribution >= 4 is 11.9 Å². The molecule has 1 aliphatic rings. The zero-order valence-electron chi connectivity index (χ0n) is 35.8. The van der Waals surface area contributed by atoms with Crippen LogP contribution < -0.4 is 0 Å². The van der Waals surface area contributed by atoms with Crippen LogP contribution in [0.5, 0.6) is 0 Å². The average Bonchev–Trinajstić information content (AvgIpc) is 3.18. The first kappa shape index (κ1) is 51.8. The maximum Gasteiger partial charge on any atom is 0.306 e. The van der Waals surface area contributed by atoms with Crippen molar-refractivity contribution in [3.8, 4) is 0 Å². The Morgan fingerprint density at radius 3 is 1.22 bits per heavy atom. The van der Waals surface area contributed by atoms with Gasteiger partial charge >= 0.3 is 11.9 Å². The molecule has 0 aromatic rings. The van der Waals surface area contributed by atoms with Gasteiger partial charge in [0.25, 0.3) is 0 Å². The van der Waals surface area contributed by atoms with Crippen LogP contribution in [-0.2, 0) is 23.8 Å². The number of esters is 2. The van der Waals surface area contributed by atoms with Crippen molar-refractivity contribution in [2.45, 2.75) is 269 Å². The Balaban J connectivity index is 2.30. The first-order valence-corrected chi connectivity index (χ1v) is 23.5. The Kier molecular flexibility index (Phi) is 34.9. The fourth-order valence-electron chi connectivity index (χ4n) is 7.73. The van der Waals surface area contributed by atoms with Crippen LogP contribution in [0.25, 0.3) is 0 Å². The molecule has 0 radical (unpaired) electrons. The van der Waals surface area contributed by atoms with Gasteiger partial charge in [-0.2, -0.15) is 0 Å². The molecule has 0 aromatic heterocycles. The molecule has 0 unspecified atom stereocenters. The minimum Gasteiger partial charge on any atom is -0.462 e. The molecule has 9 nitrogen and oxygen atoms in total. The van der Waals surface area contributed by atoms with E-state index in [9.17, 15) is 30.0 Å². The van der Waals surface area contributed by atoms with E-state index in [0.29, 0.717) is 12.8 Å². The monoisotopic (exact) mass is 785 g/mol. The van der Waals surface area contributed by atoms with Crippen LogP contribution in [0.15, 0.2) is 0 Å². The summed E-state index contributed by atoms with van der Waals surface area (Å²) >= 11 is 0. The Morgan fingerprint density at radius 1 is 0.491 bits per heavy atom. The van der Waals surface area contributed by atoms with Crippen LogP contribution in [0.4, 0.5) is 0 Å². The molecule has 55 heavy (non-hydrogen) atoms. The summed E-state index contributed by atoms with van der Waals surface area (Å²) in [7, 11) is 0. The summed E-state index contributed by atoms with van der Waals surface area (Å²) < 4.78 is 17.0. The van der Waals surface area contributed by atoms with Crippen LogP contribution in [-0.4, -0.2) is 82.2 Å². The second-order valence-corrected chi connectivity index (χ2v) is 16.6. The number of hydrogen-bond donors (Lipinski definition) is 4. The predicted molar refractivity (Wildman–Crippen MR) is 223 cm³/mol. The topological polar surface area (TPSA) is 143 Å². The van der Waals surface area contributed by atoms with Crippen molar-refractivity contribution < 1.29 is 44.2 Å². The maximum absolute atomic E-state index is 12.8. The van der Waals surface area contributed by atoms with Gasteiger partial charge in [0.1, 0.15) is 37.1 Å². The average molecular weight is 785 g/mol. The number of carbonyl (C=O) groups is 2. The van der Waals surface area contributed by atoms with Crippen molar-refractivity contribution in [1.29, 1.82) is 0 Å². The van der Waals surface area contributed by atoms with E-state index in [1.165, 1.54) is 154 Å². The molecule has 0 spiro atoms. The molecule has 1 aliphatic heterocycles. The van der Waals surface area contributed by atoms with E-state index in [-0.39, 0.29) is 31.4 Å². The van der Waals surface area contributed by atoms with E-state index in [1.54, 1.807) is 0 Å². The Bertz CT molecular complexity index is 868. The summed E-state index contributed by atoms with van der Waals surface area (Å²) in [5.74, 6) is -0.655. The lowest BCUT2D eigenvalue weighted by Crippen LogP contribution is -2.58. The SMILES string of the molecule is CCCCCCCCCCCCCCCCCC(=O)OC[C@@H](CC[C@@H]1O[C@H](CO)[C@@H](O)[C@H](O)[C@H]1O)OC(=O)CCCCCCCCCCCCCCCCC. The van der Waals surface area contributed by atoms with Crippen molar-refractivity contribution in [2.75, 3.05) is 13.2 Å². The number of carbonyl (C=O) groups excluding carboxylic acids is 2. The second kappa shape index (κ2) is 37.0. The lowest BCUT2D eigenvalue weighted by atomic mass is 9.92. The molecule has 1 heterocycles. The predicted octanol–water partition coefficient (Wildman–Crippen LogP) is 10.6. The highest BCUT2D eigenvalue weighted by Crippen LogP contribution is 2.25. The van der Waals surface area contributed by atoms with Crippen molar-refractivity contribution in [3.05, 3.63) is 0 Å². The van der Waals surface area contributed by atoms with Crippen molar-refractivity contribution in [1.82, 2.24) is 0 Å². The molecule has 1 saturated heterocycles. The van der Waals surface area contributed by atoms with E-state index in [0.717, 1.165) is 38.5 Å². The van der Waals surface area contributed by atoms with E-state index < -0.39 is 43.2 Å². The van der Waals surface area contributed by atoms with Gasteiger partial charge in [-0.1, -0.05) is 194 Å². The summed E-state index contributed by atoms with van der Waals surface area (Å²) in [6, 6.07) is 0. The Morgan fingerprint density at radius 2 is 0.836 bits per heavy atom. The fraction of sp³-hybridized carbons (Fsp3) is 0.957. The van der Waals surface area contributed by atoms with Gasteiger partial charge in [-0.05, 0) is 25.7 Å².